The molecule has 0 aliphatic carbocycles. The van der Waals surface area contributed by atoms with Crippen LogP contribution in [0.15, 0.2) is 16.9 Å². The van der Waals surface area contributed by atoms with Crippen LogP contribution in [0.1, 0.15) is 11.1 Å². The molecular weight excluding hydrogens is 144 g/mol. The van der Waals surface area contributed by atoms with Crippen molar-refractivity contribution in [3.8, 4) is 0 Å². The van der Waals surface area contributed by atoms with E-state index >= 15 is 0 Å². The zero-order valence-electron chi connectivity index (χ0n) is 5.80. The molecule has 1 aromatic rings. The molecule has 0 spiro atoms. The van der Waals surface area contributed by atoms with Crippen LogP contribution in [-0.2, 0) is 12.8 Å². The van der Waals surface area contributed by atoms with Crippen LogP contribution >= 0.6 is 11.8 Å². The third kappa shape index (κ3) is 1.08. The number of rotatable bonds is 0. The Labute approximate surface area is 64.8 Å². The number of aryl methyl sites for hydroxylation is 2. The van der Waals surface area contributed by atoms with Gasteiger partial charge >= 0.3 is 0 Å². The fourth-order valence-corrected chi connectivity index (χ4v) is 2.19. The highest BCUT2D eigenvalue weighted by atomic mass is 32.2. The Hall–Kier alpha value is -0.370. The Morgan fingerprint density at radius 1 is 1.10 bits per heavy atom. The van der Waals surface area contributed by atoms with Crippen molar-refractivity contribution in [1.29, 1.82) is 0 Å². The zero-order valence-corrected chi connectivity index (χ0v) is 6.62. The molecule has 1 aromatic heterocycles. The summed E-state index contributed by atoms with van der Waals surface area (Å²) in [5, 5.41) is 0. The van der Waals surface area contributed by atoms with E-state index in [0.717, 1.165) is 0 Å². The molecule has 1 aliphatic rings. The second kappa shape index (κ2) is 2.70. The maximum Gasteiger partial charge on any atom is 0.0937 e. The minimum atomic E-state index is 1.19. The SMILES string of the molecule is c1occ2c1CCSCC2. The molecule has 10 heavy (non-hydrogen) atoms. The van der Waals surface area contributed by atoms with Gasteiger partial charge in [-0.05, 0) is 35.5 Å². The predicted octanol–water partition coefficient (Wildman–Crippen LogP) is 2.11. The smallest absolute Gasteiger partial charge is 0.0937 e. The molecule has 2 heterocycles. The summed E-state index contributed by atoms with van der Waals surface area (Å²) in [6, 6.07) is 0. The fraction of sp³-hybridized carbons (Fsp3) is 0.500. The van der Waals surface area contributed by atoms with E-state index in [0.29, 0.717) is 0 Å². The summed E-state index contributed by atoms with van der Waals surface area (Å²) in [5.74, 6) is 2.51. The van der Waals surface area contributed by atoms with E-state index in [2.05, 4.69) is 0 Å². The summed E-state index contributed by atoms with van der Waals surface area (Å²) in [5.41, 5.74) is 2.84. The standard InChI is InChI=1S/C8H10OS/c1-3-10-4-2-8-6-9-5-7(1)8/h5-6H,1-4H2. The Bertz CT molecular complexity index is 196. The van der Waals surface area contributed by atoms with Crippen molar-refractivity contribution in [2.45, 2.75) is 12.8 Å². The third-order valence-corrected chi connectivity index (χ3v) is 2.85. The number of furan rings is 1. The second-order valence-electron chi connectivity index (χ2n) is 2.53. The van der Waals surface area contributed by atoms with Gasteiger partial charge in [0.25, 0.3) is 0 Å². The molecule has 0 aromatic carbocycles. The molecule has 0 saturated heterocycles. The van der Waals surface area contributed by atoms with Crippen LogP contribution in [-0.4, -0.2) is 11.5 Å². The number of hydrogen-bond donors (Lipinski definition) is 0. The second-order valence-corrected chi connectivity index (χ2v) is 3.76. The number of fused-ring (bicyclic) bond motifs is 1. The topological polar surface area (TPSA) is 13.1 Å². The molecule has 0 N–H and O–H groups in total. The Balaban J connectivity index is 2.28. The maximum absolute atomic E-state index is 5.11. The van der Waals surface area contributed by atoms with Crippen molar-refractivity contribution < 1.29 is 4.42 Å². The lowest BCUT2D eigenvalue weighted by Crippen LogP contribution is -1.85. The first-order valence-electron chi connectivity index (χ1n) is 3.58. The lowest BCUT2D eigenvalue weighted by atomic mass is 10.1. The average Bonchev–Trinajstić information content (AvgIpc) is 2.28. The van der Waals surface area contributed by atoms with Crippen LogP contribution < -0.4 is 0 Å². The molecule has 0 unspecified atom stereocenters. The van der Waals surface area contributed by atoms with Gasteiger partial charge in [0, 0.05) is 0 Å². The lowest BCUT2D eigenvalue weighted by molar-refractivity contribution is 0.562. The lowest BCUT2D eigenvalue weighted by Gasteiger charge is -1.90. The summed E-state index contributed by atoms with van der Waals surface area (Å²) in [4.78, 5) is 0. The van der Waals surface area contributed by atoms with Crippen LogP contribution in [0.4, 0.5) is 0 Å². The Kier molecular flexibility index (Phi) is 1.72. The zero-order chi connectivity index (χ0) is 6.81. The van der Waals surface area contributed by atoms with E-state index in [9.17, 15) is 0 Å². The maximum atomic E-state index is 5.11. The quantitative estimate of drug-likeness (QED) is 0.567. The van der Waals surface area contributed by atoms with E-state index in [1.807, 2.05) is 24.3 Å². The summed E-state index contributed by atoms with van der Waals surface area (Å²) in [7, 11) is 0. The van der Waals surface area contributed by atoms with Gasteiger partial charge in [-0.3, -0.25) is 0 Å². The van der Waals surface area contributed by atoms with Crippen molar-refractivity contribution in [3.63, 3.8) is 0 Å². The highest BCUT2D eigenvalue weighted by Gasteiger charge is 2.08. The van der Waals surface area contributed by atoms with Crippen LogP contribution in [0.25, 0.3) is 0 Å². The molecule has 1 aliphatic heterocycles. The van der Waals surface area contributed by atoms with Crippen molar-refractivity contribution in [3.05, 3.63) is 23.7 Å². The highest BCUT2D eigenvalue weighted by Crippen LogP contribution is 2.20. The molecule has 2 heteroatoms. The van der Waals surface area contributed by atoms with Gasteiger partial charge < -0.3 is 4.42 Å². The fourth-order valence-electron chi connectivity index (χ4n) is 1.25. The third-order valence-electron chi connectivity index (χ3n) is 1.86. The van der Waals surface area contributed by atoms with Gasteiger partial charge in [-0.15, -0.1) is 0 Å². The van der Waals surface area contributed by atoms with Crippen LogP contribution in [0, 0.1) is 0 Å². The first-order valence-corrected chi connectivity index (χ1v) is 4.74. The largest absolute Gasteiger partial charge is 0.472 e. The van der Waals surface area contributed by atoms with Gasteiger partial charge in [-0.25, -0.2) is 0 Å². The first kappa shape index (κ1) is 6.35. The summed E-state index contributed by atoms with van der Waals surface area (Å²) < 4.78 is 5.11. The van der Waals surface area contributed by atoms with Gasteiger partial charge in [0.05, 0.1) is 12.5 Å². The Morgan fingerprint density at radius 2 is 1.70 bits per heavy atom. The van der Waals surface area contributed by atoms with Crippen LogP contribution in [0.3, 0.4) is 0 Å². The average molecular weight is 154 g/mol. The van der Waals surface area contributed by atoms with Gasteiger partial charge in [-0.1, -0.05) is 0 Å². The predicted molar refractivity (Wildman–Crippen MR) is 43.4 cm³/mol. The molecule has 0 amide bonds. The van der Waals surface area contributed by atoms with Gasteiger partial charge in [0.2, 0.25) is 0 Å². The normalized spacial score (nSPS) is 18.0. The first-order chi connectivity index (χ1) is 4.97. The van der Waals surface area contributed by atoms with Crippen LogP contribution in [0.5, 0.6) is 0 Å². The number of hydrogen-bond acceptors (Lipinski definition) is 2. The van der Waals surface area contributed by atoms with E-state index in [1.54, 1.807) is 0 Å². The summed E-state index contributed by atoms with van der Waals surface area (Å²) >= 11 is 2.04. The molecule has 2 rings (SSSR count). The van der Waals surface area contributed by atoms with E-state index in [1.165, 1.54) is 35.5 Å². The van der Waals surface area contributed by atoms with Crippen molar-refractivity contribution >= 4 is 11.8 Å². The summed E-state index contributed by atoms with van der Waals surface area (Å²) in [6.45, 7) is 0. The monoisotopic (exact) mass is 154 g/mol. The minimum absolute atomic E-state index is 1.19. The van der Waals surface area contributed by atoms with Crippen molar-refractivity contribution in [2.75, 3.05) is 11.5 Å². The molecule has 0 radical (unpaired) electrons. The van der Waals surface area contributed by atoms with Gasteiger partial charge in [0.15, 0.2) is 0 Å². The molecule has 0 fully saturated rings. The van der Waals surface area contributed by atoms with Crippen molar-refractivity contribution in [1.82, 2.24) is 0 Å². The van der Waals surface area contributed by atoms with Gasteiger partial charge in [-0.2, -0.15) is 11.8 Å². The molecule has 0 saturated carbocycles. The molecular formula is C8H10OS. The molecule has 1 nitrogen and oxygen atoms in total. The molecule has 54 valence electrons. The molecule has 0 atom stereocenters. The Morgan fingerprint density at radius 3 is 2.30 bits per heavy atom. The van der Waals surface area contributed by atoms with E-state index in [4.69, 9.17) is 4.42 Å². The minimum Gasteiger partial charge on any atom is -0.472 e. The van der Waals surface area contributed by atoms with Gasteiger partial charge in [0.1, 0.15) is 0 Å². The highest BCUT2D eigenvalue weighted by molar-refractivity contribution is 7.99. The van der Waals surface area contributed by atoms with Crippen molar-refractivity contribution in [2.24, 2.45) is 0 Å². The van der Waals surface area contributed by atoms with E-state index < -0.39 is 0 Å². The molecule has 0 bridgehead atoms. The van der Waals surface area contributed by atoms with Crippen LogP contribution in [0.2, 0.25) is 0 Å². The van der Waals surface area contributed by atoms with E-state index in [-0.39, 0.29) is 0 Å². The number of thioether (sulfide) groups is 1. The summed E-state index contributed by atoms with van der Waals surface area (Å²) in [6.07, 6.45) is 6.16.